The van der Waals surface area contributed by atoms with Crippen LogP contribution in [0.25, 0.3) is 0 Å². The molecule has 2 aromatic rings. The lowest BCUT2D eigenvalue weighted by Gasteiger charge is -2.37. The summed E-state index contributed by atoms with van der Waals surface area (Å²) in [6.45, 7) is 4.04. The van der Waals surface area contributed by atoms with E-state index in [-0.39, 0.29) is 23.3 Å². The predicted molar refractivity (Wildman–Crippen MR) is 105 cm³/mol. The fourth-order valence-corrected chi connectivity index (χ4v) is 4.69. The maximum absolute atomic E-state index is 12.9. The summed E-state index contributed by atoms with van der Waals surface area (Å²) in [5.41, 5.74) is 0.485. The number of aliphatic hydroxyl groups is 1. The molecule has 28 heavy (non-hydrogen) atoms. The number of hydrogen-bond donors (Lipinski definition) is 2. The molecule has 1 aromatic heterocycles. The van der Waals surface area contributed by atoms with E-state index in [1.165, 1.54) is 22.7 Å². The highest BCUT2D eigenvalue weighted by atomic mass is 32.2. The van der Waals surface area contributed by atoms with Gasteiger partial charge in [-0.05, 0) is 42.8 Å². The Labute approximate surface area is 164 Å². The standard InChI is InChI=1S/C19H25N3O5S/c1-2-16(14-23)21-9-11-22(12-10-21)28(25,26)17-7-5-15(6-8-17)20-19(24)18-4-3-13-27-18/h3-8,13,16,23H,2,9-12,14H2,1H3,(H,20,24)/t16-/m1/s1. The van der Waals surface area contributed by atoms with Gasteiger partial charge in [-0.3, -0.25) is 9.69 Å². The molecule has 8 nitrogen and oxygen atoms in total. The van der Waals surface area contributed by atoms with Gasteiger partial charge in [0.25, 0.3) is 5.91 Å². The molecule has 2 heterocycles. The maximum Gasteiger partial charge on any atom is 0.291 e. The number of sulfonamides is 1. The van der Waals surface area contributed by atoms with Crippen molar-refractivity contribution >= 4 is 21.6 Å². The number of aliphatic hydroxyl groups excluding tert-OH is 1. The van der Waals surface area contributed by atoms with Crippen LogP contribution in [0.5, 0.6) is 0 Å². The zero-order valence-electron chi connectivity index (χ0n) is 15.7. The number of benzene rings is 1. The van der Waals surface area contributed by atoms with Crippen LogP contribution in [0, 0.1) is 0 Å². The molecule has 2 N–H and O–H groups in total. The third kappa shape index (κ3) is 4.44. The van der Waals surface area contributed by atoms with E-state index in [1.807, 2.05) is 6.92 Å². The van der Waals surface area contributed by atoms with Gasteiger partial charge in [0.2, 0.25) is 10.0 Å². The molecule has 0 bridgehead atoms. The highest BCUT2D eigenvalue weighted by Gasteiger charge is 2.30. The molecule has 0 aliphatic carbocycles. The van der Waals surface area contributed by atoms with E-state index in [9.17, 15) is 18.3 Å². The van der Waals surface area contributed by atoms with Crippen molar-refractivity contribution in [3.63, 3.8) is 0 Å². The third-order valence-electron chi connectivity index (χ3n) is 4.97. The average molecular weight is 407 g/mol. The van der Waals surface area contributed by atoms with Gasteiger partial charge in [0.15, 0.2) is 5.76 Å². The first-order valence-corrected chi connectivity index (χ1v) is 10.7. The number of amides is 1. The van der Waals surface area contributed by atoms with E-state index in [0.29, 0.717) is 31.9 Å². The second-order valence-corrected chi connectivity index (χ2v) is 8.58. The van der Waals surface area contributed by atoms with Crippen molar-refractivity contribution in [1.29, 1.82) is 0 Å². The summed E-state index contributed by atoms with van der Waals surface area (Å²) in [6.07, 6.45) is 2.24. The Morgan fingerprint density at radius 2 is 1.86 bits per heavy atom. The van der Waals surface area contributed by atoms with Gasteiger partial charge in [-0.25, -0.2) is 8.42 Å². The molecule has 9 heteroatoms. The highest BCUT2D eigenvalue weighted by molar-refractivity contribution is 7.89. The molecular weight excluding hydrogens is 382 g/mol. The Kier molecular flexibility index (Phi) is 6.50. The van der Waals surface area contributed by atoms with Gasteiger partial charge in [-0.2, -0.15) is 4.31 Å². The van der Waals surface area contributed by atoms with Crippen LogP contribution in [-0.4, -0.2) is 67.5 Å². The van der Waals surface area contributed by atoms with E-state index in [2.05, 4.69) is 10.2 Å². The van der Waals surface area contributed by atoms with E-state index >= 15 is 0 Å². The molecule has 1 saturated heterocycles. The number of anilines is 1. The first kappa shape index (κ1) is 20.5. The summed E-state index contributed by atoms with van der Waals surface area (Å²) in [6, 6.07) is 9.33. The Hall–Kier alpha value is -2.20. The summed E-state index contributed by atoms with van der Waals surface area (Å²) >= 11 is 0. The molecule has 0 spiro atoms. The molecular formula is C19H25N3O5S. The number of nitrogens with zero attached hydrogens (tertiary/aromatic N) is 2. The Bertz CT molecular complexity index is 869. The third-order valence-corrected chi connectivity index (χ3v) is 6.88. The van der Waals surface area contributed by atoms with E-state index in [4.69, 9.17) is 4.42 Å². The SMILES string of the molecule is CC[C@H](CO)N1CCN(S(=O)(=O)c2ccc(NC(=O)c3ccco3)cc2)CC1. The number of hydrogen-bond acceptors (Lipinski definition) is 6. The van der Waals surface area contributed by atoms with Gasteiger partial charge in [0, 0.05) is 37.9 Å². The van der Waals surface area contributed by atoms with Crippen LogP contribution in [-0.2, 0) is 10.0 Å². The molecule has 1 amide bonds. The normalized spacial score (nSPS) is 17.4. The summed E-state index contributed by atoms with van der Waals surface area (Å²) < 4.78 is 32.3. The van der Waals surface area contributed by atoms with E-state index < -0.39 is 15.9 Å². The van der Waals surface area contributed by atoms with Gasteiger partial charge in [-0.1, -0.05) is 6.92 Å². The zero-order chi connectivity index (χ0) is 20.1. The summed E-state index contributed by atoms with van der Waals surface area (Å²) in [5, 5.41) is 12.1. The molecule has 3 rings (SSSR count). The van der Waals surface area contributed by atoms with Gasteiger partial charge in [0.05, 0.1) is 17.8 Å². The minimum Gasteiger partial charge on any atom is -0.459 e. The van der Waals surface area contributed by atoms with Crippen molar-refractivity contribution in [2.45, 2.75) is 24.3 Å². The molecule has 0 radical (unpaired) electrons. The van der Waals surface area contributed by atoms with E-state index in [0.717, 1.165) is 6.42 Å². The second kappa shape index (κ2) is 8.87. The minimum absolute atomic E-state index is 0.0712. The molecule has 1 aliphatic heterocycles. The van der Waals surface area contributed by atoms with Gasteiger partial charge >= 0.3 is 0 Å². The number of carbonyl (C=O) groups is 1. The van der Waals surface area contributed by atoms with E-state index in [1.54, 1.807) is 24.3 Å². The first-order valence-electron chi connectivity index (χ1n) is 9.25. The monoisotopic (exact) mass is 407 g/mol. The Morgan fingerprint density at radius 3 is 2.39 bits per heavy atom. The van der Waals surface area contributed by atoms with Crippen LogP contribution >= 0.6 is 0 Å². The van der Waals surface area contributed by atoms with Crippen LogP contribution in [0.3, 0.4) is 0 Å². The number of nitrogens with one attached hydrogen (secondary N) is 1. The second-order valence-electron chi connectivity index (χ2n) is 6.64. The minimum atomic E-state index is -3.60. The molecule has 1 fully saturated rings. The lowest BCUT2D eigenvalue weighted by atomic mass is 10.2. The van der Waals surface area contributed by atoms with Crippen molar-refractivity contribution in [2.75, 3.05) is 38.1 Å². The van der Waals surface area contributed by atoms with Crippen molar-refractivity contribution in [2.24, 2.45) is 0 Å². The largest absolute Gasteiger partial charge is 0.459 e. The van der Waals surface area contributed by atoms with Crippen molar-refractivity contribution < 1.29 is 22.7 Å². The topological polar surface area (TPSA) is 103 Å². The molecule has 1 aromatic carbocycles. The number of carbonyl (C=O) groups excluding carboxylic acids is 1. The van der Waals surface area contributed by atoms with Gasteiger partial charge in [-0.15, -0.1) is 0 Å². The fraction of sp³-hybridized carbons (Fsp3) is 0.421. The van der Waals surface area contributed by atoms with Crippen molar-refractivity contribution in [1.82, 2.24) is 9.21 Å². The molecule has 1 aliphatic rings. The molecule has 0 saturated carbocycles. The highest BCUT2D eigenvalue weighted by Crippen LogP contribution is 2.21. The summed E-state index contributed by atoms with van der Waals surface area (Å²) in [4.78, 5) is 14.3. The van der Waals surface area contributed by atoms with Crippen LogP contribution < -0.4 is 5.32 Å². The van der Waals surface area contributed by atoms with Crippen LogP contribution in [0.1, 0.15) is 23.9 Å². The van der Waals surface area contributed by atoms with Crippen LogP contribution in [0.4, 0.5) is 5.69 Å². The molecule has 152 valence electrons. The number of piperazine rings is 1. The fourth-order valence-electron chi connectivity index (χ4n) is 3.27. The quantitative estimate of drug-likeness (QED) is 0.723. The average Bonchev–Trinajstić information content (AvgIpc) is 3.25. The van der Waals surface area contributed by atoms with Gasteiger partial charge < -0.3 is 14.8 Å². The summed E-state index contributed by atoms with van der Waals surface area (Å²) in [7, 11) is -3.60. The Balaban J connectivity index is 1.63. The van der Waals surface area contributed by atoms with Gasteiger partial charge in [0.1, 0.15) is 0 Å². The Morgan fingerprint density at radius 1 is 1.18 bits per heavy atom. The zero-order valence-corrected chi connectivity index (χ0v) is 16.6. The maximum atomic E-state index is 12.9. The smallest absolute Gasteiger partial charge is 0.291 e. The lowest BCUT2D eigenvalue weighted by molar-refractivity contribution is 0.0881. The molecule has 1 atom stereocenters. The van der Waals surface area contributed by atoms with Crippen molar-refractivity contribution in [3.05, 3.63) is 48.4 Å². The predicted octanol–water partition coefficient (Wildman–Crippen LogP) is 1.61. The van der Waals surface area contributed by atoms with Crippen LogP contribution in [0.2, 0.25) is 0 Å². The summed E-state index contributed by atoms with van der Waals surface area (Å²) in [5.74, 6) is -0.214. The van der Waals surface area contributed by atoms with Crippen molar-refractivity contribution in [3.8, 4) is 0 Å². The first-order chi connectivity index (χ1) is 13.5. The molecule has 0 unspecified atom stereocenters. The van der Waals surface area contributed by atoms with Crippen LogP contribution in [0.15, 0.2) is 52.0 Å². The number of rotatable bonds is 7. The lowest BCUT2D eigenvalue weighted by Crippen LogP contribution is -2.52. The number of furan rings is 1.